The van der Waals surface area contributed by atoms with E-state index in [9.17, 15) is 4.21 Å². The summed E-state index contributed by atoms with van der Waals surface area (Å²) in [6.07, 6.45) is 1.79. The van der Waals surface area contributed by atoms with Gasteiger partial charge in [-0.2, -0.15) is 0 Å². The van der Waals surface area contributed by atoms with Gasteiger partial charge < -0.3 is 15.2 Å². The van der Waals surface area contributed by atoms with Crippen molar-refractivity contribution in [3.8, 4) is 0 Å². The van der Waals surface area contributed by atoms with Crippen molar-refractivity contribution in [2.75, 3.05) is 19.3 Å². The van der Waals surface area contributed by atoms with E-state index in [1.807, 2.05) is 18.5 Å². The Hall–Kier alpha value is -0.950. The fourth-order valence-electron chi connectivity index (χ4n) is 1.26. The van der Waals surface area contributed by atoms with Gasteiger partial charge in [0.05, 0.1) is 5.75 Å². The Morgan fingerprint density at radius 1 is 1.65 bits per heavy atom. The van der Waals surface area contributed by atoms with E-state index in [2.05, 4.69) is 15.6 Å². The summed E-state index contributed by atoms with van der Waals surface area (Å²) >= 11 is 4.92. The van der Waals surface area contributed by atoms with Crippen LogP contribution in [0.4, 0.5) is 0 Å². The van der Waals surface area contributed by atoms with E-state index in [1.165, 1.54) is 0 Å². The first kappa shape index (κ1) is 14.1. The Labute approximate surface area is 109 Å². The number of hydrogen-bond donors (Lipinski definition) is 2. The van der Waals surface area contributed by atoms with Crippen LogP contribution >= 0.6 is 12.2 Å². The molecule has 0 aliphatic heterocycles. The molecule has 0 bridgehead atoms. The normalized spacial score (nSPS) is 12.2. The van der Waals surface area contributed by atoms with Crippen LogP contribution in [-0.4, -0.2) is 38.2 Å². The third-order valence-corrected chi connectivity index (χ3v) is 4.04. The third-order valence-electron chi connectivity index (χ3n) is 2.45. The SMILES string of the molecule is CNC(=S)NCCS(=O)Cc1ncc(C)n1C. The Balaban J connectivity index is 2.35. The third kappa shape index (κ3) is 4.43. The maximum atomic E-state index is 11.8. The predicted molar refractivity (Wildman–Crippen MR) is 74.3 cm³/mol. The molecule has 0 radical (unpaired) electrons. The highest BCUT2D eigenvalue weighted by atomic mass is 32.2. The number of thiocarbonyl (C=S) groups is 1. The molecule has 1 unspecified atom stereocenters. The molecule has 2 N–H and O–H groups in total. The zero-order valence-corrected chi connectivity index (χ0v) is 12.0. The summed E-state index contributed by atoms with van der Waals surface area (Å²) in [5.41, 5.74) is 1.08. The fraction of sp³-hybridized carbons (Fsp3) is 0.600. The number of aromatic nitrogens is 2. The van der Waals surface area contributed by atoms with Crippen LogP contribution in [0.2, 0.25) is 0 Å². The predicted octanol–water partition coefficient (Wildman–Crippen LogP) is 0.0711. The van der Waals surface area contributed by atoms with Crippen molar-refractivity contribution in [2.24, 2.45) is 7.05 Å². The van der Waals surface area contributed by atoms with E-state index in [4.69, 9.17) is 12.2 Å². The first-order chi connectivity index (χ1) is 8.04. The lowest BCUT2D eigenvalue weighted by molar-refractivity contribution is 0.677. The molecule has 0 saturated carbocycles. The van der Waals surface area contributed by atoms with Crippen molar-refractivity contribution in [3.05, 3.63) is 17.7 Å². The van der Waals surface area contributed by atoms with Crippen LogP contribution in [0.25, 0.3) is 0 Å². The number of nitrogens with zero attached hydrogens (tertiary/aromatic N) is 2. The average molecular weight is 274 g/mol. The number of hydrogen-bond acceptors (Lipinski definition) is 3. The molecule has 7 heteroatoms. The highest BCUT2D eigenvalue weighted by Gasteiger charge is 2.07. The van der Waals surface area contributed by atoms with Gasteiger partial charge in [-0.15, -0.1) is 0 Å². The first-order valence-electron chi connectivity index (χ1n) is 5.32. The molecule has 17 heavy (non-hydrogen) atoms. The molecule has 0 saturated heterocycles. The van der Waals surface area contributed by atoms with E-state index >= 15 is 0 Å². The summed E-state index contributed by atoms with van der Waals surface area (Å²) in [4.78, 5) is 4.23. The minimum atomic E-state index is -0.920. The van der Waals surface area contributed by atoms with Gasteiger partial charge in [0, 0.05) is 49.1 Å². The zero-order chi connectivity index (χ0) is 12.8. The topological polar surface area (TPSA) is 58.9 Å². The molecule has 0 aliphatic rings. The molecule has 1 aromatic rings. The van der Waals surface area contributed by atoms with Gasteiger partial charge in [0.2, 0.25) is 0 Å². The van der Waals surface area contributed by atoms with Gasteiger partial charge in [0.15, 0.2) is 5.11 Å². The van der Waals surface area contributed by atoms with Crippen molar-refractivity contribution in [1.82, 2.24) is 20.2 Å². The second-order valence-corrected chi connectivity index (χ2v) is 5.65. The molecule has 1 rings (SSSR count). The van der Waals surface area contributed by atoms with Crippen LogP contribution in [0.5, 0.6) is 0 Å². The Morgan fingerprint density at radius 3 is 2.88 bits per heavy atom. The Kier molecular flexibility index (Phi) is 5.57. The van der Waals surface area contributed by atoms with Crippen molar-refractivity contribution in [3.63, 3.8) is 0 Å². The van der Waals surface area contributed by atoms with Crippen molar-refractivity contribution < 1.29 is 4.21 Å². The fourth-order valence-corrected chi connectivity index (χ4v) is 2.39. The highest BCUT2D eigenvalue weighted by Crippen LogP contribution is 2.04. The summed E-state index contributed by atoms with van der Waals surface area (Å²) < 4.78 is 13.8. The maximum Gasteiger partial charge on any atom is 0.166 e. The monoisotopic (exact) mass is 274 g/mol. The molecule has 0 aromatic carbocycles. The lowest BCUT2D eigenvalue weighted by Crippen LogP contribution is -2.35. The molecule has 0 aliphatic carbocycles. The molecule has 0 spiro atoms. The minimum absolute atomic E-state index is 0.484. The first-order valence-corrected chi connectivity index (χ1v) is 7.22. The average Bonchev–Trinajstić information content (AvgIpc) is 2.60. The summed E-state index contributed by atoms with van der Waals surface area (Å²) in [6, 6.07) is 0. The number of rotatable bonds is 5. The van der Waals surface area contributed by atoms with Crippen LogP contribution in [-0.2, 0) is 23.6 Å². The quantitative estimate of drug-likeness (QED) is 0.744. The highest BCUT2D eigenvalue weighted by molar-refractivity contribution is 7.84. The molecular formula is C10H18N4OS2. The van der Waals surface area contributed by atoms with Crippen LogP contribution in [0, 0.1) is 6.92 Å². The van der Waals surface area contributed by atoms with Crippen LogP contribution in [0.3, 0.4) is 0 Å². The second kappa shape index (κ2) is 6.70. The molecule has 1 heterocycles. The smallest absolute Gasteiger partial charge is 0.166 e. The van der Waals surface area contributed by atoms with E-state index in [-0.39, 0.29) is 0 Å². The molecule has 96 valence electrons. The Bertz CT molecular complexity index is 416. The van der Waals surface area contributed by atoms with Crippen LogP contribution < -0.4 is 10.6 Å². The van der Waals surface area contributed by atoms with Crippen LogP contribution in [0.1, 0.15) is 11.5 Å². The molecule has 5 nitrogen and oxygen atoms in total. The van der Waals surface area contributed by atoms with Crippen LogP contribution in [0.15, 0.2) is 6.20 Å². The van der Waals surface area contributed by atoms with Gasteiger partial charge in [-0.3, -0.25) is 4.21 Å². The molecule has 0 amide bonds. The molecular weight excluding hydrogens is 256 g/mol. The summed E-state index contributed by atoms with van der Waals surface area (Å²) in [5, 5.41) is 6.35. The van der Waals surface area contributed by atoms with E-state index in [0.717, 1.165) is 11.5 Å². The lowest BCUT2D eigenvalue weighted by Gasteiger charge is -2.07. The van der Waals surface area contributed by atoms with Gasteiger partial charge in [0.1, 0.15) is 5.82 Å². The molecule has 0 fully saturated rings. The van der Waals surface area contributed by atoms with Crippen molar-refractivity contribution in [2.45, 2.75) is 12.7 Å². The van der Waals surface area contributed by atoms with Gasteiger partial charge in [-0.1, -0.05) is 0 Å². The lowest BCUT2D eigenvalue weighted by atomic mass is 10.5. The summed E-state index contributed by atoms with van der Waals surface area (Å²) in [7, 11) is 2.77. The standard InChI is InChI=1S/C10H18N4OS2/c1-8-6-13-9(14(8)3)7-17(15)5-4-12-10(16)11-2/h6H,4-5,7H2,1-3H3,(H2,11,12,16). The molecule has 1 atom stereocenters. The Morgan fingerprint density at radius 2 is 2.35 bits per heavy atom. The van der Waals surface area contributed by atoms with Gasteiger partial charge >= 0.3 is 0 Å². The largest absolute Gasteiger partial charge is 0.366 e. The molecule has 1 aromatic heterocycles. The number of aryl methyl sites for hydroxylation is 1. The van der Waals surface area contributed by atoms with E-state index < -0.39 is 10.8 Å². The van der Waals surface area contributed by atoms with Crippen molar-refractivity contribution >= 4 is 28.1 Å². The summed E-state index contributed by atoms with van der Waals surface area (Å²) in [6.45, 7) is 2.59. The second-order valence-electron chi connectivity index (χ2n) is 3.67. The van der Waals surface area contributed by atoms with Gasteiger partial charge in [-0.05, 0) is 19.1 Å². The maximum absolute atomic E-state index is 11.8. The van der Waals surface area contributed by atoms with E-state index in [1.54, 1.807) is 13.2 Å². The van der Waals surface area contributed by atoms with Gasteiger partial charge in [-0.25, -0.2) is 4.98 Å². The number of nitrogens with one attached hydrogen (secondary N) is 2. The minimum Gasteiger partial charge on any atom is -0.366 e. The van der Waals surface area contributed by atoms with Gasteiger partial charge in [0.25, 0.3) is 0 Å². The van der Waals surface area contributed by atoms with E-state index in [0.29, 0.717) is 23.2 Å². The zero-order valence-electron chi connectivity index (χ0n) is 10.3. The number of imidazole rings is 1. The van der Waals surface area contributed by atoms with Crippen molar-refractivity contribution in [1.29, 1.82) is 0 Å². The summed E-state index contributed by atoms with van der Waals surface area (Å²) in [5.74, 6) is 1.91.